The molecule has 10 nitrogen and oxygen atoms in total. The van der Waals surface area contributed by atoms with E-state index in [9.17, 15) is 20.1 Å². The number of aryl methyl sites for hydroxylation is 1. The van der Waals surface area contributed by atoms with Crippen LogP contribution < -0.4 is 11.5 Å². The number of fused-ring (bicyclic) bond motifs is 1. The molecule has 0 saturated carbocycles. The highest BCUT2D eigenvalue weighted by Gasteiger charge is 2.44. The van der Waals surface area contributed by atoms with Crippen molar-refractivity contribution in [3.05, 3.63) is 17.6 Å². The molecule has 0 radical (unpaired) electrons. The van der Waals surface area contributed by atoms with Gasteiger partial charge in [0.2, 0.25) is 0 Å². The number of ether oxygens (including phenoxy) is 1. The number of amides is 1. The van der Waals surface area contributed by atoms with Crippen molar-refractivity contribution in [2.45, 2.75) is 37.9 Å². The zero-order valence-corrected chi connectivity index (χ0v) is 13.0. The number of rotatable bonds is 4. The van der Waals surface area contributed by atoms with Gasteiger partial charge in [0, 0.05) is 12.6 Å². The summed E-state index contributed by atoms with van der Waals surface area (Å²) in [5.74, 6) is -0.191. The Morgan fingerprint density at radius 2 is 2.08 bits per heavy atom. The van der Waals surface area contributed by atoms with Crippen LogP contribution in [-0.4, -0.2) is 60.7 Å². The SMILES string of the molecule is CCc1nc(N)c2c(C(N)=O)cn(C3OC(CO)C(O)C3O)c2n1. The molecule has 1 amide bonds. The first-order chi connectivity index (χ1) is 11.4. The van der Waals surface area contributed by atoms with Gasteiger partial charge in [-0.3, -0.25) is 4.79 Å². The molecule has 4 unspecified atom stereocenters. The number of hydrogen-bond donors (Lipinski definition) is 5. The zero-order chi connectivity index (χ0) is 17.6. The Morgan fingerprint density at radius 3 is 2.62 bits per heavy atom. The van der Waals surface area contributed by atoms with Gasteiger partial charge in [-0.15, -0.1) is 0 Å². The molecule has 0 spiro atoms. The van der Waals surface area contributed by atoms with Crippen molar-refractivity contribution < 1.29 is 24.9 Å². The van der Waals surface area contributed by atoms with Crippen LogP contribution in [0.5, 0.6) is 0 Å². The molecule has 1 fully saturated rings. The Balaban J connectivity index is 2.21. The maximum absolute atomic E-state index is 11.7. The summed E-state index contributed by atoms with van der Waals surface area (Å²) in [6.07, 6.45) is -2.74. The van der Waals surface area contributed by atoms with Crippen molar-refractivity contribution in [2.24, 2.45) is 5.73 Å². The second-order valence-corrected chi connectivity index (χ2v) is 5.62. The second kappa shape index (κ2) is 5.98. The molecule has 10 heteroatoms. The van der Waals surface area contributed by atoms with Gasteiger partial charge < -0.3 is 36.1 Å². The lowest BCUT2D eigenvalue weighted by atomic mass is 10.1. The average molecular weight is 337 g/mol. The quantitative estimate of drug-likeness (QED) is 0.439. The molecule has 2 aromatic rings. The third-order valence-corrected chi connectivity index (χ3v) is 4.12. The van der Waals surface area contributed by atoms with Crippen LogP contribution in [0.15, 0.2) is 6.20 Å². The van der Waals surface area contributed by atoms with E-state index in [4.69, 9.17) is 16.2 Å². The number of nitrogens with zero attached hydrogens (tertiary/aromatic N) is 3. The maximum atomic E-state index is 11.7. The minimum Gasteiger partial charge on any atom is -0.394 e. The summed E-state index contributed by atoms with van der Waals surface area (Å²) in [7, 11) is 0. The highest BCUT2D eigenvalue weighted by atomic mass is 16.6. The van der Waals surface area contributed by atoms with Gasteiger partial charge >= 0.3 is 0 Å². The molecule has 0 bridgehead atoms. The lowest BCUT2D eigenvalue weighted by Gasteiger charge is -2.17. The Hall–Kier alpha value is -2.27. The predicted octanol–water partition coefficient (Wildman–Crippen LogP) is -1.71. The summed E-state index contributed by atoms with van der Waals surface area (Å²) in [5.41, 5.74) is 11.7. The molecule has 0 aromatic carbocycles. The highest BCUT2D eigenvalue weighted by Crippen LogP contribution is 2.34. The lowest BCUT2D eigenvalue weighted by molar-refractivity contribution is -0.0509. The van der Waals surface area contributed by atoms with Gasteiger partial charge in [0.1, 0.15) is 35.6 Å². The van der Waals surface area contributed by atoms with Crippen molar-refractivity contribution in [3.8, 4) is 0 Å². The average Bonchev–Trinajstić information content (AvgIpc) is 3.07. The number of carbonyl (C=O) groups is 1. The van der Waals surface area contributed by atoms with Crippen LogP contribution in [0.1, 0.15) is 29.3 Å². The third-order valence-electron chi connectivity index (χ3n) is 4.12. The summed E-state index contributed by atoms with van der Waals surface area (Å²) in [5, 5.41) is 29.6. The monoisotopic (exact) mass is 337 g/mol. The number of carbonyl (C=O) groups excluding carboxylic acids is 1. The Bertz CT molecular complexity index is 791. The molecule has 7 N–H and O–H groups in total. The molecule has 1 aliphatic heterocycles. The number of hydrogen-bond acceptors (Lipinski definition) is 8. The number of primary amides is 1. The van der Waals surface area contributed by atoms with Crippen molar-refractivity contribution >= 4 is 22.8 Å². The minimum atomic E-state index is -1.32. The Kier molecular flexibility index (Phi) is 4.13. The van der Waals surface area contributed by atoms with E-state index in [1.54, 1.807) is 0 Å². The molecule has 130 valence electrons. The fourth-order valence-electron chi connectivity index (χ4n) is 2.87. The number of anilines is 1. The first-order valence-corrected chi connectivity index (χ1v) is 7.48. The number of nitrogens with two attached hydrogens (primary N) is 2. The van der Waals surface area contributed by atoms with Crippen LogP contribution in [0.25, 0.3) is 11.0 Å². The summed E-state index contributed by atoms with van der Waals surface area (Å²) < 4.78 is 6.88. The fourth-order valence-corrected chi connectivity index (χ4v) is 2.87. The molecular formula is C14H19N5O5. The van der Waals surface area contributed by atoms with Crippen molar-refractivity contribution in [3.63, 3.8) is 0 Å². The van der Waals surface area contributed by atoms with Crippen molar-refractivity contribution in [1.82, 2.24) is 14.5 Å². The molecule has 4 atom stereocenters. The minimum absolute atomic E-state index is 0.0860. The van der Waals surface area contributed by atoms with Gasteiger partial charge in [-0.1, -0.05) is 6.92 Å². The molecule has 3 rings (SSSR count). The Morgan fingerprint density at radius 1 is 1.38 bits per heavy atom. The summed E-state index contributed by atoms with van der Waals surface area (Å²) in [6, 6.07) is 0. The number of aliphatic hydroxyl groups is 3. The Labute approximate surface area is 136 Å². The van der Waals surface area contributed by atoms with E-state index in [0.29, 0.717) is 12.2 Å². The largest absolute Gasteiger partial charge is 0.394 e. The van der Waals surface area contributed by atoms with E-state index in [1.165, 1.54) is 10.8 Å². The van der Waals surface area contributed by atoms with Crippen LogP contribution in [0.3, 0.4) is 0 Å². The normalized spacial score (nSPS) is 27.0. The molecule has 2 aromatic heterocycles. The molecule has 24 heavy (non-hydrogen) atoms. The standard InChI is InChI=1S/C14H19N5O5/c1-2-7-17-11(15)8-5(12(16)23)3-19(13(8)18-7)14-10(22)9(21)6(4-20)24-14/h3,6,9-10,14,20-22H,2,4H2,1H3,(H2,16,23)(H2,15,17,18). The van der Waals surface area contributed by atoms with Crippen LogP contribution >= 0.6 is 0 Å². The first-order valence-electron chi connectivity index (χ1n) is 7.48. The second-order valence-electron chi connectivity index (χ2n) is 5.62. The van der Waals surface area contributed by atoms with Gasteiger partial charge in [0.25, 0.3) is 5.91 Å². The predicted molar refractivity (Wildman–Crippen MR) is 82.8 cm³/mol. The summed E-state index contributed by atoms with van der Waals surface area (Å²) >= 11 is 0. The van der Waals surface area contributed by atoms with E-state index in [-0.39, 0.29) is 22.4 Å². The van der Waals surface area contributed by atoms with Crippen LogP contribution in [0.2, 0.25) is 0 Å². The molecule has 1 aliphatic rings. The van der Waals surface area contributed by atoms with Crippen molar-refractivity contribution in [2.75, 3.05) is 12.3 Å². The van der Waals surface area contributed by atoms with E-state index in [1.807, 2.05) is 6.92 Å². The lowest BCUT2D eigenvalue weighted by Crippen LogP contribution is -2.33. The van der Waals surface area contributed by atoms with Gasteiger partial charge in [0.15, 0.2) is 6.23 Å². The van der Waals surface area contributed by atoms with E-state index in [0.717, 1.165) is 0 Å². The van der Waals surface area contributed by atoms with Crippen LogP contribution in [0.4, 0.5) is 5.82 Å². The molecule has 0 aliphatic carbocycles. The van der Waals surface area contributed by atoms with Gasteiger partial charge in [0.05, 0.1) is 17.6 Å². The van der Waals surface area contributed by atoms with Gasteiger partial charge in [-0.05, 0) is 0 Å². The van der Waals surface area contributed by atoms with Crippen molar-refractivity contribution in [1.29, 1.82) is 0 Å². The van der Waals surface area contributed by atoms with Crippen LogP contribution in [-0.2, 0) is 11.2 Å². The van der Waals surface area contributed by atoms with Crippen LogP contribution in [0, 0.1) is 0 Å². The van der Waals surface area contributed by atoms with Gasteiger partial charge in [-0.2, -0.15) is 0 Å². The summed E-state index contributed by atoms with van der Waals surface area (Å²) in [6.45, 7) is 1.38. The smallest absolute Gasteiger partial charge is 0.251 e. The first kappa shape index (κ1) is 16.6. The van der Waals surface area contributed by atoms with Gasteiger partial charge in [-0.25, -0.2) is 9.97 Å². The number of aliphatic hydroxyl groups excluding tert-OH is 3. The number of nitrogen functional groups attached to an aromatic ring is 1. The summed E-state index contributed by atoms with van der Waals surface area (Å²) in [4.78, 5) is 20.2. The third kappa shape index (κ3) is 2.40. The topological polar surface area (TPSA) is 170 Å². The highest BCUT2D eigenvalue weighted by molar-refractivity contribution is 6.08. The zero-order valence-electron chi connectivity index (χ0n) is 13.0. The van der Waals surface area contributed by atoms with E-state index >= 15 is 0 Å². The van der Waals surface area contributed by atoms with E-state index < -0.39 is 37.1 Å². The molecule has 1 saturated heterocycles. The molecule has 3 heterocycles. The molecular weight excluding hydrogens is 318 g/mol. The van der Waals surface area contributed by atoms with E-state index in [2.05, 4.69) is 9.97 Å². The number of aromatic nitrogens is 3. The maximum Gasteiger partial charge on any atom is 0.251 e. The fraction of sp³-hybridized carbons (Fsp3) is 0.500.